The number of aromatic hydroxyl groups is 1. The molecule has 3 rings (SSSR count). The Morgan fingerprint density at radius 1 is 1.13 bits per heavy atom. The molecule has 1 aromatic heterocycles. The molecular formula is C22H21NO7. The third-order valence-corrected chi connectivity index (χ3v) is 4.46. The van der Waals surface area contributed by atoms with E-state index in [0.29, 0.717) is 11.3 Å². The van der Waals surface area contributed by atoms with Gasteiger partial charge in [0.15, 0.2) is 12.0 Å². The Balaban J connectivity index is 1.84. The molecular weight excluding hydrogens is 390 g/mol. The summed E-state index contributed by atoms with van der Waals surface area (Å²) in [6.07, 6.45) is 0. The zero-order chi connectivity index (χ0) is 21.8. The molecule has 156 valence electrons. The van der Waals surface area contributed by atoms with Crippen molar-refractivity contribution in [2.45, 2.75) is 19.9 Å². The van der Waals surface area contributed by atoms with Crippen LogP contribution >= 0.6 is 0 Å². The minimum Gasteiger partial charge on any atom is -0.507 e. The molecule has 3 aromatic rings. The van der Waals surface area contributed by atoms with Crippen molar-refractivity contribution in [3.63, 3.8) is 0 Å². The molecule has 8 nitrogen and oxygen atoms in total. The molecule has 0 saturated carbocycles. The van der Waals surface area contributed by atoms with Crippen LogP contribution in [0, 0.1) is 5.92 Å². The van der Waals surface area contributed by atoms with Crippen molar-refractivity contribution in [1.29, 1.82) is 0 Å². The molecule has 0 bridgehead atoms. The Hall–Kier alpha value is -3.81. The predicted octanol–water partition coefficient (Wildman–Crippen LogP) is 2.77. The van der Waals surface area contributed by atoms with Crippen LogP contribution in [0.15, 0.2) is 57.7 Å². The molecule has 0 aliphatic rings. The van der Waals surface area contributed by atoms with E-state index in [1.807, 2.05) is 6.07 Å². The molecule has 1 amide bonds. The zero-order valence-corrected chi connectivity index (χ0v) is 16.4. The first kappa shape index (κ1) is 20.9. The highest BCUT2D eigenvalue weighted by atomic mass is 16.5. The van der Waals surface area contributed by atoms with Gasteiger partial charge >= 0.3 is 5.97 Å². The topological polar surface area (TPSA) is 126 Å². The average molecular weight is 411 g/mol. The van der Waals surface area contributed by atoms with Crippen LogP contribution in [0.1, 0.15) is 13.8 Å². The van der Waals surface area contributed by atoms with Crippen molar-refractivity contribution >= 4 is 22.8 Å². The zero-order valence-electron chi connectivity index (χ0n) is 16.4. The highest BCUT2D eigenvalue weighted by Gasteiger charge is 2.23. The highest BCUT2D eigenvalue weighted by Crippen LogP contribution is 2.31. The van der Waals surface area contributed by atoms with Gasteiger partial charge in [0.05, 0.1) is 0 Å². The summed E-state index contributed by atoms with van der Waals surface area (Å²) < 4.78 is 11.1. The van der Waals surface area contributed by atoms with E-state index in [2.05, 4.69) is 5.32 Å². The summed E-state index contributed by atoms with van der Waals surface area (Å²) in [5.41, 5.74) is 0.371. The first-order valence-electron chi connectivity index (χ1n) is 9.27. The van der Waals surface area contributed by atoms with Gasteiger partial charge < -0.3 is 24.7 Å². The van der Waals surface area contributed by atoms with E-state index in [0.717, 1.165) is 0 Å². The molecule has 0 aliphatic heterocycles. The van der Waals surface area contributed by atoms with Crippen molar-refractivity contribution < 1.29 is 29.0 Å². The fourth-order valence-electron chi connectivity index (χ4n) is 2.95. The number of phenolic OH excluding ortho intramolecular Hbond substituents is 1. The maximum absolute atomic E-state index is 12.4. The second kappa shape index (κ2) is 8.69. The second-order valence-corrected chi connectivity index (χ2v) is 7.07. The van der Waals surface area contributed by atoms with Crippen LogP contribution in [-0.2, 0) is 9.59 Å². The monoisotopic (exact) mass is 411 g/mol. The number of hydrogen-bond acceptors (Lipinski definition) is 6. The van der Waals surface area contributed by atoms with E-state index in [1.54, 1.807) is 38.1 Å². The van der Waals surface area contributed by atoms with Crippen molar-refractivity contribution in [3.05, 3.63) is 58.8 Å². The SMILES string of the molecule is CC(C)[C@H](NC(=O)COc1cc(O)c2c(=O)cc(-c3ccccc3)oc2c1)C(=O)O. The Bertz CT molecular complexity index is 1140. The molecule has 0 spiro atoms. The van der Waals surface area contributed by atoms with Crippen LogP contribution in [0.3, 0.4) is 0 Å². The number of carboxylic acids is 1. The Morgan fingerprint density at radius 3 is 2.47 bits per heavy atom. The van der Waals surface area contributed by atoms with Crippen LogP contribution in [0.4, 0.5) is 0 Å². The Morgan fingerprint density at radius 2 is 1.83 bits per heavy atom. The fraction of sp³-hybridized carbons (Fsp3) is 0.227. The number of phenols is 1. The summed E-state index contributed by atoms with van der Waals surface area (Å²) in [6.45, 7) is 2.88. The lowest BCUT2D eigenvalue weighted by molar-refractivity contribution is -0.143. The first-order valence-corrected chi connectivity index (χ1v) is 9.27. The first-order chi connectivity index (χ1) is 14.3. The number of carboxylic acid groups (broad SMARTS) is 1. The summed E-state index contributed by atoms with van der Waals surface area (Å²) >= 11 is 0. The number of benzene rings is 2. The highest BCUT2D eigenvalue weighted by molar-refractivity contribution is 5.87. The van der Waals surface area contributed by atoms with Gasteiger partial charge in [0.1, 0.15) is 34.3 Å². The molecule has 1 heterocycles. The van der Waals surface area contributed by atoms with Crippen LogP contribution < -0.4 is 15.5 Å². The van der Waals surface area contributed by atoms with Gasteiger partial charge in [-0.25, -0.2) is 4.79 Å². The summed E-state index contributed by atoms with van der Waals surface area (Å²) in [5, 5.41) is 21.8. The van der Waals surface area contributed by atoms with Gasteiger partial charge in [-0.2, -0.15) is 0 Å². The molecule has 0 aliphatic carbocycles. The van der Waals surface area contributed by atoms with Gasteiger partial charge in [0.2, 0.25) is 0 Å². The molecule has 0 radical (unpaired) electrons. The van der Waals surface area contributed by atoms with Crippen molar-refractivity contribution in [2.24, 2.45) is 5.92 Å². The van der Waals surface area contributed by atoms with Gasteiger partial charge in [-0.1, -0.05) is 44.2 Å². The quantitative estimate of drug-likeness (QED) is 0.546. The largest absolute Gasteiger partial charge is 0.507 e. The molecule has 1 atom stereocenters. The number of aliphatic carboxylic acids is 1. The lowest BCUT2D eigenvalue weighted by atomic mass is 10.1. The third kappa shape index (κ3) is 4.60. The van der Waals surface area contributed by atoms with Crippen LogP contribution in [-0.4, -0.2) is 34.7 Å². The minimum atomic E-state index is -1.14. The number of nitrogens with one attached hydrogen (secondary N) is 1. The van der Waals surface area contributed by atoms with E-state index in [4.69, 9.17) is 14.3 Å². The maximum Gasteiger partial charge on any atom is 0.326 e. The lowest BCUT2D eigenvalue weighted by Crippen LogP contribution is -2.46. The smallest absolute Gasteiger partial charge is 0.326 e. The summed E-state index contributed by atoms with van der Waals surface area (Å²) in [5.74, 6) is -2.00. The Labute approximate surface area is 171 Å². The van der Waals surface area contributed by atoms with Crippen molar-refractivity contribution in [3.8, 4) is 22.8 Å². The molecule has 0 saturated heterocycles. The Kier molecular flexibility index (Phi) is 6.06. The average Bonchev–Trinajstić information content (AvgIpc) is 2.70. The molecule has 8 heteroatoms. The van der Waals surface area contributed by atoms with Crippen LogP contribution in [0.2, 0.25) is 0 Å². The summed E-state index contributed by atoms with van der Waals surface area (Å²) in [7, 11) is 0. The van der Waals surface area contributed by atoms with E-state index >= 15 is 0 Å². The molecule has 30 heavy (non-hydrogen) atoms. The lowest BCUT2D eigenvalue weighted by Gasteiger charge is -2.18. The van der Waals surface area contributed by atoms with Gasteiger partial charge in [-0.15, -0.1) is 0 Å². The fourth-order valence-corrected chi connectivity index (χ4v) is 2.95. The number of ether oxygens (including phenoxy) is 1. The van der Waals surface area contributed by atoms with Crippen molar-refractivity contribution in [1.82, 2.24) is 5.32 Å². The normalized spacial score (nSPS) is 12.0. The third-order valence-electron chi connectivity index (χ3n) is 4.46. The van der Waals surface area contributed by atoms with E-state index in [-0.39, 0.29) is 28.4 Å². The van der Waals surface area contributed by atoms with Crippen LogP contribution in [0.5, 0.6) is 11.5 Å². The second-order valence-electron chi connectivity index (χ2n) is 7.07. The van der Waals surface area contributed by atoms with Crippen molar-refractivity contribution in [2.75, 3.05) is 6.61 Å². The summed E-state index contributed by atoms with van der Waals surface area (Å²) in [4.78, 5) is 35.7. The van der Waals surface area contributed by atoms with Gasteiger partial charge in [-0.05, 0) is 5.92 Å². The standard InChI is InChI=1S/C22H21NO7/c1-12(2)21(22(27)28)23-19(26)11-29-14-8-15(24)20-16(25)10-17(30-18(20)9-14)13-6-4-3-5-7-13/h3-10,12,21,24H,11H2,1-2H3,(H,23,26)(H,27,28)/t21-/m0/s1. The van der Waals surface area contributed by atoms with Gasteiger partial charge in [-0.3, -0.25) is 9.59 Å². The predicted molar refractivity (Wildman–Crippen MR) is 109 cm³/mol. The number of hydrogen-bond donors (Lipinski definition) is 3. The van der Waals surface area contributed by atoms with E-state index < -0.39 is 30.0 Å². The van der Waals surface area contributed by atoms with Gasteiger partial charge in [0, 0.05) is 23.8 Å². The number of rotatable bonds is 7. The molecule has 0 unspecified atom stereocenters. The molecule has 0 fully saturated rings. The number of fused-ring (bicyclic) bond motifs is 1. The summed E-state index contributed by atoms with van der Waals surface area (Å²) in [6, 6.07) is 11.8. The number of carbonyl (C=O) groups is 2. The molecule has 3 N–H and O–H groups in total. The maximum atomic E-state index is 12.4. The van der Waals surface area contributed by atoms with Gasteiger partial charge in [0.25, 0.3) is 5.91 Å². The van der Waals surface area contributed by atoms with Crippen LogP contribution in [0.25, 0.3) is 22.3 Å². The number of amides is 1. The van der Waals surface area contributed by atoms with E-state index in [9.17, 15) is 19.5 Å². The number of carbonyl (C=O) groups excluding carboxylic acids is 1. The molecule has 2 aromatic carbocycles. The van der Waals surface area contributed by atoms with E-state index in [1.165, 1.54) is 18.2 Å². The minimum absolute atomic E-state index is 0.00256.